The Labute approximate surface area is 160 Å². The normalized spacial score (nSPS) is 14.1. The maximum Gasteiger partial charge on any atom is 0.0681 e. The van der Waals surface area contributed by atoms with E-state index in [1.165, 1.54) is 27.8 Å². The van der Waals surface area contributed by atoms with Crippen LogP contribution in [0.2, 0.25) is 0 Å². The largest absolute Gasteiger partial charge is 0.760 e. The molecule has 1 aliphatic rings. The molecule has 2 aromatic carbocycles. The van der Waals surface area contributed by atoms with E-state index in [0.717, 1.165) is 24.0 Å². The van der Waals surface area contributed by atoms with Crippen LogP contribution in [0.5, 0.6) is 0 Å². The lowest BCUT2D eigenvalue weighted by molar-refractivity contribution is 0.281. The average molecular weight is 361 g/mol. The lowest BCUT2D eigenvalue weighted by atomic mass is 9.73. The van der Waals surface area contributed by atoms with Gasteiger partial charge in [-0.1, -0.05) is 61.3 Å². The van der Waals surface area contributed by atoms with E-state index in [-0.39, 0.29) is 12.0 Å². The summed E-state index contributed by atoms with van der Waals surface area (Å²) in [5.74, 6) is 0. The van der Waals surface area contributed by atoms with Crippen molar-refractivity contribution in [1.29, 1.82) is 0 Å². The van der Waals surface area contributed by atoms with Crippen molar-refractivity contribution >= 4 is 12.6 Å². The highest BCUT2D eigenvalue weighted by Gasteiger charge is 2.40. The van der Waals surface area contributed by atoms with E-state index in [2.05, 4.69) is 49.2 Å². The molecule has 0 unspecified atom stereocenters. The van der Waals surface area contributed by atoms with Crippen LogP contribution in [-0.2, 0) is 24.7 Å². The fraction of sp³-hybridized carbons (Fsp3) is 0.261. The molecule has 3 heteroatoms. The van der Waals surface area contributed by atoms with Crippen LogP contribution in [0.25, 0.3) is 22.3 Å². The first-order chi connectivity index (χ1) is 12.6. The van der Waals surface area contributed by atoms with Crippen molar-refractivity contribution < 1.29 is 5.11 Å². The Morgan fingerprint density at radius 3 is 2.15 bits per heavy atom. The van der Waals surface area contributed by atoms with Gasteiger partial charge in [-0.15, -0.1) is 0 Å². The number of hydrogen-bond donors (Lipinski definition) is 1. The molecule has 132 valence electrons. The van der Waals surface area contributed by atoms with E-state index in [1.54, 1.807) is 0 Å². The van der Waals surface area contributed by atoms with Crippen molar-refractivity contribution in [3.05, 3.63) is 71.4 Å². The lowest BCUT2D eigenvalue weighted by Gasteiger charge is -2.30. The standard InChI is InChI=1S/C23H23NOS/c1-3-23(4-2)20-11-15(14-25)5-8-18(20)19-9-6-16(12-21(19)23)17-7-10-22(26)24-13-17/h5-13,25H,3-4,14H2,1-2H3,(H,24,26)/p-1. The third-order valence-electron chi connectivity index (χ3n) is 5.88. The minimum atomic E-state index is -0.00274. The Morgan fingerprint density at radius 1 is 0.885 bits per heavy atom. The smallest absolute Gasteiger partial charge is 0.0681 e. The van der Waals surface area contributed by atoms with Crippen molar-refractivity contribution in [2.75, 3.05) is 0 Å². The summed E-state index contributed by atoms with van der Waals surface area (Å²) >= 11 is 5.11. The summed E-state index contributed by atoms with van der Waals surface area (Å²) in [7, 11) is 0. The summed E-state index contributed by atoms with van der Waals surface area (Å²) in [6, 6.07) is 17.0. The van der Waals surface area contributed by atoms with Crippen LogP contribution in [0.3, 0.4) is 0 Å². The zero-order chi connectivity index (χ0) is 18.3. The minimum Gasteiger partial charge on any atom is -0.760 e. The lowest BCUT2D eigenvalue weighted by Crippen LogP contribution is -2.23. The zero-order valence-electron chi connectivity index (χ0n) is 15.1. The quantitative estimate of drug-likeness (QED) is 0.647. The van der Waals surface area contributed by atoms with Crippen LogP contribution < -0.4 is 0 Å². The van der Waals surface area contributed by atoms with Gasteiger partial charge in [0.25, 0.3) is 0 Å². The molecular formula is C23H22NOS-. The number of aliphatic hydroxyl groups is 1. The minimum absolute atomic E-state index is 0.00274. The summed E-state index contributed by atoms with van der Waals surface area (Å²) in [6.45, 7) is 4.60. The van der Waals surface area contributed by atoms with Crippen LogP contribution in [0.1, 0.15) is 43.4 Å². The van der Waals surface area contributed by atoms with Gasteiger partial charge in [0.05, 0.1) is 6.61 Å². The van der Waals surface area contributed by atoms with Gasteiger partial charge in [0.15, 0.2) is 0 Å². The molecule has 2 nitrogen and oxygen atoms in total. The average Bonchev–Trinajstić information content (AvgIpc) is 2.97. The molecule has 3 aromatic rings. The van der Waals surface area contributed by atoms with Crippen molar-refractivity contribution in [3.63, 3.8) is 0 Å². The van der Waals surface area contributed by atoms with Crippen molar-refractivity contribution in [3.8, 4) is 22.3 Å². The second kappa shape index (κ2) is 6.49. The molecular weight excluding hydrogens is 338 g/mol. The molecule has 26 heavy (non-hydrogen) atoms. The maximum absolute atomic E-state index is 9.60. The highest BCUT2D eigenvalue weighted by molar-refractivity contribution is 7.58. The number of nitrogens with zero attached hydrogens (tertiary/aromatic N) is 1. The Morgan fingerprint density at radius 2 is 1.54 bits per heavy atom. The van der Waals surface area contributed by atoms with E-state index in [9.17, 15) is 5.11 Å². The van der Waals surface area contributed by atoms with Gasteiger partial charge in [-0.05, 0) is 57.9 Å². The molecule has 0 aliphatic heterocycles. The Hall–Kier alpha value is -2.23. The first kappa shape index (κ1) is 17.2. The molecule has 1 N–H and O–H groups in total. The summed E-state index contributed by atoms with van der Waals surface area (Å²) in [5.41, 5.74) is 8.58. The number of aromatic nitrogens is 1. The zero-order valence-corrected chi connectivity index (χ0v) is 15.9. The molecule has 0 amide bonds. The monoisotopic (exact) mass is 360 g/mol. The van der Waals surface area contributed by atoms with Crippen LogP contribution in [0, 0.1) is 0 Å². The molecule has 0 fully saturated rings. The number of hydrogen-bond acceptors (Lipinski definition) is 3. The predicted octanol–water partition coefficient (Wildman–Crippen LogP) is 5.23. The Bertz CT molecular complexity index is 958. The van der Waals surface area contributed by atoms with E-state index in [1.807, 2.05) is 24.4 Å². The van der Waals surface area contributed by atoms with Gasteiger partial charge in [-0.2, -0.15) is 0 Å². The maximum atomic E-state index is 9.60. The van der Waals surface area contributed by atoms with Crippen molar-refractivity contribution in [2.45, 2.75) is 43.7 Å². The predicted molar refractivity (Wildman–Crippen MR) is 108 cm³/mol. The van der Waals surface area contributed by atoms with Crippen molar-refractivity contribution in [2.24, 2.45) is 0 Å². The van der Waals surface area contributed by atoms with Gasteiger partial charge in [0.2, 0.25) is 0 Å². The summed E-state index contributed by atoms with van der Waals surface area (Å²) < 4.78 is 0. The number of rotatable bonds is 4. The molecule has 0 radical (unpaired) electrons. The SMILES string of the molecule is CCC1(CC)c2cc(CO)ccc2-c2ccc(-c3ccc([S-])nc3)cc21. The van der Waals surface area contributed by atoms with Gasteiger partial charge in [-0.25, -0.2) is 0 Å². The Balaban J connectivity index is 1.93. The van der Waals surface area contributed by atoms with Gasteiger partial charge >= 0.3 is 0 Å². The topological polar surface area (TPSA) is 33.1 Å². The fourth-order valence-electron chi connectivity index (χ4n) is 4.38. The van der Waals surface area contributed by atoms with Gasteiger partial charge in [-0.3, -0.25) is 4.98 Å². The van der Waals surface area contributed by atoms with Gasteiger partial charge < -0.3 is 17.7 Å². The van der Waals surface area contributed by atoms with Crippen LogP contribution in [-0.4, -0.2) is 10.1 Å². The molecule has 0 bridgehead atoms. The first-order valence-electron chi connectivity index (χ1n) is 9.15. The van der Waals surface area contributed by atoms with Crippen LogP contribution in [0.15, 0.2) is 59.8 Å². The molecule has 1 heterocycles. The van der Waals surface area contributed by atoms with E-state index >= 15 is 0 Å². The molecule has 1 aliphatic carbocycles. The number of benzene rings is 2. The van der Waals surface area contributed by atoms with E-state index < -0.39 is 0 Å². The Kier molecular flexibility index (Phi) is 4.29. The second-order valence-electron chi connectivity index (χ2n) is 6.97. The first-order valence-corrected chi connectivity index (χ1v) is 9.56. The summed E-state index contributed by atoms with van der Waals surface area (Å²) in [5, 5.41) is 10.2. The highest BCUT2D eigenvalue weighted by Crippen LogP contribution is 2.53. The van der Waals surface area contributed by atoms with Crippen LogP contribution >= 0.6 is 0 Å². The number of fused-ring (bicyclic) bond motifs is 3. The highest BCUT2D eigenvalue weighted by atomic mass is 32.1. The molecule has 4 rings (SSSR count). The molecule has 0 spiro atoms. The third kappa shape index (κ3) is 2.46. The molecule has 1 aromatic heterocycles. The van der Waals surface area contributed by atoms with E-state index in [4.69, 9.17) is 12.6 Å². The summed E-state index contributed by atoms with van der Waals surface area (Å²) in [6.07, 6.45) is 3.92. The number of aliphatic hydroxyl groups excluding tert-OH is 1. The molecule has 0 atom stereocenters. The third-order valence-corrected chi connectivity index (χ3v) is 6.13. The van der Waals surface area contributed by atoms with Gasteiger partial charge in [0.1, 0.15) is 0 Å². The number of pyridine rings is 1. The summed E-state index contributed by atoms with van der Waals surface area (Å²) in [4.78, 5) is 4.27. The van der Waals surface area contributed by atoms with Crippen LogP contribution in [0.4, 0.5) is 0 Å². The second-order valence-corrected chi connectivity index (χ2v) is 7.39. The van der Waals surface area contributed by atoms with E-state index in [0.29, 0.717) is 5.03 Å². The fourth-order valence-corrected chi connectivity index (χ4v) is 4.50. The molecule has 0 saturated carbocycles. The van der Waals surface area contributed by atoms with Gasteiger partial charge in [0, 0.05) is 11.6 Å². The van der Waals surface area contributed by atoms with Crippen molar-refractivity contribution in [1.82, 2.24) is 4.98 Å². The molecule has 0 saturated heterocycles.